The summed E-state index contributed by atoms with van der Waals surface area (Å²) < 4.78 is 5.29. The monoisotopic (exact) mass is 418 g/mol. The van der Waals surface area contributed by atoms with Gasteiger partial charge in [0.1, 0.15) is 0 Å². The number of nitrogens with zero attached hydrogens (tertiary/aromatic N) is 3. The molecule has 1 aliphatic rings. The number of methoxy groups -OCH3 is 1. The van der Waals surface area contributed by atoms with Gasteiger partial charge in [-0.3, -0.25) is 0 Å². The van der Waals surface area contributed by atoms with Crippen molar-refractivity contribution < 1.29 is 4.74 Å². The van der Waals surface area contributed by atoms with Crippen molar-refractivity contribution in [2.75, 3.05) is 26.7 Å². The van der Waals surface area contributed by atoms with Gasteiger partial charge >= 0.3 is 0 Å². The number of aromatic nitrogens is 1. The van der Waals surface area contributed by atoms with Gasteiger partial charge in [0.25, 0.3) is 0 Å². The van der Waals surface area contributed by atoms with Crippen LogP contribution < -0.4 is 10.1 Å². The molecule has 22 heavy (non-hydrogen) atoms. The van der Waals surface area contributed by atoms with Crippen molar-refractivity contribution >= 4 is 29.9 Å². The topological polar surface area (TPSA) is 49.8 Å². The van der Waals surface area contributed by atoms with Crippen LogP contribution in [0.15, 0.2) is 23.3 Å². The molecule has 0 amide bonds. The normalized spacial score (nSPS) is 18.6. The average molecular weight is 418 g/mol. The number of hydrogen-bond donors (Lipinski definition) is 1. The van der Waals surface area contributed by atoms with E-state index in [9.17, 15) is 0 Å². The standard InChI is InChI=1S/C16H26N4O.HI/c1-4-17-16(20-10-6-7-13(2)12-20)19-11-14-8-5-9-18-15(14)21-3;/h5,8-9,13H,4,6-7,10-12H2,1-3H3,(H,17,19);1H. The highest BCUT2D eigenvalue weighted by Gasteiger charge is 2.19. The van der Waals surface area contributed by atoms with Crippen molar-refractivity contribution in [3.8, 4) is 5.88 Å². The quantitative estimate of drug-likeness (QED) is 0.464. The second-order valence-electron chi connectivity index (χ2n) is 5.54. The number of ether oxygens (including phenoxy) is 1. The number of hydrogen-bond acceptors (Lipinski definition) is 3. The fraction of sp³-hybridized carbons (Fsp3) is 0.625. The number of guanidine groups is 1. The van der Waals surface area contributed by atoms with E-state index in [-0.39, 0.29) is 24.0 Å². The predicted molar refractivity (Wildman–Crippen MR) is 101 cm³/mol. The van der Waals surface area contributed by atoms with Gasteiger partial charge in [0.05, 0.1) is 13.7 Å². The second kappa shape index (κ2) is 9.86. The van der Waals surface area contributed by atoms with E-state index in [4.69, 9.17) is 9.73 Å². The molecule has 1 fully saturated rings. The summed E-state index contributed by atoms with van der Waals surface area (Å²) in [6.07, 6.45) is 4.29. The Hall–Kier alpha value is -1.05. The molecule has 0 aromatic carbocycles. The first-order chi connectivity index (χ1) is 10.2. The zero-order chi connectivity index (χ0) is 15.1. The highest BCUT2D eigenvalue weighted by Crippen LogP contribution is 2.17. The number of piperidine rings is 1. The summed E-state index contributed by atoms with van der Waals surface area (Å²) in [6.45, 7) is 8.04. The van der Waals surface area contributed by atoms with Gasteiger partial charge in [-0.15, -0.1) is 24.0 Å². The highest BCUT2D eigenvalue weighted by molar-refractivity contribution is 14.0. The van der Waals surface area contributed by atoms with E-state index in [2.05, 4.69) is 29.0 Å². The van der Waals surface area contributed by atoms with E-state index in [1.807, 2.05) is 12.1 Å². The molecule has 1 saturated heterocycles. The average Bonchev–Trinajstić information content (AvgIpc) is 2.51. The van der Waals surface area contributed by atoms with Crippen molar-refractivity contribution in [1.29, 1.82) is 0 Å². The Kier molecular flexibility index (Phi) is 8.52. The maximum Gasteiger partial charge on any atom is 0.218 e. The van der Waals surface area contributed by atoms with Crippen molar-refractivity contribution in [1.82, 2.24) is 15.2 Å². The number of aliphatic imine (C=N–C) groups is 1. The summed E-state index contributed by atoms with van der Waals surface area (Å²) in [5.74, 6) is 2.38. The molecule has 5 nitrogen and oxygen atoms in total. The van der Waals surface area contributed by atoms with E-state index < -0.39 is 0 Å². The molecule has 0 radical (unpaired) electrons. The van der Waals surface area contributed by atoms with Crippen LogP contribution in [0.3, 0.4) is 0 Å². The molecule has 0 saturated carbocycles. The first-order valence-corrected chi connectivity index (χ1v) is 7.75. The summed E-state index contributed by atoms with van der Waals surface area (Å²) in [7, 11) is 1.65. The molecule has 1 aromatic heterocycles. The number of nitrogens with one attached hydrogen (secondary N) is 1. The first-order valence-electron chi connectivity index (χ1n) is 7.75. The van der Waals surface area contributed by atoms with Crippen molar-refractivity contribution in [3.63, 3.8) is 0 Å². The van der Waals surface area contributed by atoms with Crippen LogP contribution in [0.5, 0.6) is 5.88 Å². The largest absolute Gasteiger partial charge is 0.481 e. The number of pyridine rings is 1. The van der Waals surface area contributed by atoms with Gasteiger partial charge < -0.3 is 15.0 Å². The van der Waals surface area contributed by atoms with Crippen molar-refractivity contribution in [2.24, 2.45) is 10.9 Å². The van der Waals surface area contributed by atoms with Crippen LogP contribution in [0, 0.1) is 5.92 Å². The Morgan fingerprint density at radius 1 is 1.55 bits per heavy atom. The molecular weight excluding hydrogens is 391 g/mol. The summed E-state index contributed by atoms with van der Waals surface area (Å²) >= 11 is 0. The zero-order valence-electron chi connectivity index (χ0n) is 13.7. The van der Waals surface area contributed by atoms with Crippen LogP contribution in [0.2, 0.25) is 0 Å². The van der Waals surface area contributed by atoms with Gasteiger partial charge in [0, 0.05) is 31.4 Å². The van der Waals surface area contributed by atoms with E-state index >= 15 is 0 Å². The molecule has 2 rings (SSSR count). The van der Waals surface area contributed by atoms with Gasteiger partial charge in [0.15, 0.2) is 5.96 Å². The third-order valence-electron chi connectivity index (χ3n) is 3.73. The second-order valence-corrected chi connectivity index (χ2v) is 5.54. The molecule has 0 bridgehead atoms. The van der Waals surface area contributed by atoms with Crippen molar-refractivity contribution in [2.45, 2.75) is 33.2 Å². The van der Waals surface area contributed by atoms with Crippen LogP contribution in [-0.2, 0) is 6.54 Å². The molecule has 1 atom stereocenters. The smallest absolute Gasteiger partial charge is 0.218 e. The number of likely N-dealkylation sites (tertiary alicyclic amines) is 1. The lowest BCUT2D eigenvalue weighted by Gasteiger charge is -2.33. The van der Waals surface area contributed by atoms with Crippen LogP contribution in [-0.4, -0.2) is 42.6 Å². The van der Waals surface area contributed by atoms with E-state index in [1.54, 1.807) is 13.3 Å². The predicted octanol–water partition coefficient (Wildman–Crippen LogP) is 2.91. The molecule has 2 heterocycles. The third kappa shape index (κ3) is 5.30. The van der Waals surface area contributed by atoms with Crippen LogP contribution >= 0.6 is 24.0 Å². The van der Waals surface area contributed by atoms with Gasteiger partial charge in [-0.05, 0) is 31.7 Å². The molecule has 0 spiro atoms. The van der Waals surface area contributed by atoms with Crippen molar-refractivity contribution in [3.05, 3.63) is 23.9 Å². The molecule has 0 aliphatic carbocycles. The van der Waals surface area contributed by atoms with E-state index in [0.29, 0.717) is 12.4 Å². The lowest BCUT2D eigenvalue weighted by molar-refractivity contribution is 0.266. The maximum absolute atomic E-state index is 5.29. The van der Waals surface area contributed by atoms with E-state index in [0.717, 1.165) is 37.1 Å². The van der Waals surface area contributed by atoms with Gasteiger partial charge in [0.2, 0.25) is 5.88 Å². The Labute approximate surface area is 150 Å². The molecular formula is C16H27IN4O. The van der Waals surface area contributed by atoms with Gasteiger partial charge in [-0.2, -0.15) is 0 Å². The Morgan fingerprint density at radius 3 is 3.05 bits per heavy atom. The van der Waals surface area contributed by atoms with E-state index in [1.165, 1.54) is 12.8 Å². The highest BCUT2D eigenvalue weighted by atomic mass is 127. The molecule has 6 heteroatoms. The SMILES string of the molecule is CCNC(=NCc1cccnc1OC)N1CCCC(C)C1.I. The minimum absolute atomic E-state index is 0. The van der Waals surface area contributed by atoms with Gasteiger partial charge in [-0.1, -0.05) is 13.0 Å². The molecule has 1 aliphatic heterocycles. The fourth-order valence-corrected chi connectivity index (χ4v) is 2.70. The molecule has 1 aromatic rings. The third-order valence-corrected chi connectivity index (χ3v) is 3.73. The lowest BCUT2D eigenvalue weighted by atomic mass is 10.0. The molecule has 1 unspecified atom stereocenters. The lowest BCUT2D eigenvalue weighted by Crippen LogP contribution is -2.46. The zero-order valence-corrected chi connectivity index (χ0v) is 16.0. The Morgan fingerprint density at radius 2 is 2.36 bits per heavy atom. The molecule has 1 N–H and O–H groups in total. The van der Waals surface area contributed by atoms with Crippen LogP contribution in [0.25, 0.3) is 0 Å². The maximum atomic E-state index is 5.29. The number of rotatable bonds is 4. The van der Waals surface area contributed by atoms with Crippen LogP contribution in [0.1, 0.15) is 32.3 Å². The fourth-order valence-electron chi connectivity index (χ4n) is 2.70. The van der Waals surface area contributed by atoms with Gasteiger partial charge in [-0.25, -0.2) is 9.98 Å². The van der Waals surface area contributed by atoms with Crippen LogP contribution in [0.4, 0.5) is 0 Å². The summed E-state index contributed by atoms with van der Waals surface area (Å²) in [6, 6.07) is 3.93. The Balaban J connectivity index is 0.00000242. The summed E-state index contributed by atoms with van der Waals surface area (Å²) in [5, 5.41) is 3.40. The minimum atomic E-state index is 0. The number of halogens is 1. The Bertz CT molecular complexity index is 481. The first kappa shape index (κ1) is 19.0. The summed E-state index contributed by atoms with van der Waals surface area (Å²) in [4.78, 5) is 11.3. The minimum Gasteiger partial charge on any atom is -0.481 e. The summed E-state index contributed by atoms with van der Waals surface area (Å²) in [5.41, 5.74) is 1.01. The molecule has 124 valence electrons.